The Kier molecular flexibility index (Phi) is 9.64. The number of guanidine groups is 1. The van der Waals surface area contributed by atoms with E-state index < -0.39 is 0 Å². The quantitative estimate of drug-likeness (QED) is 0.319. The fourth-order valence-corrected chi connectivity index (χ4v) is 4.25. The standard InChI is InChI=1S/C19H36N4O2.HI/c1-20-17(21-14-18(8-7-9-18)12-13-25-4)22-15-19(10-5-6-11-19)16(24)23(2)3;/h5-15H2,1-4H3,(H2,20,21,22);1H. The summed E-state index contributed by atoms with van der Waals surface area (Å²) in [5.41, 5.74) is 0.0729. The van der Waals surface area contributed by atoms with Crippen molar-refractivity contribution in [2.45, 2.75) is 51.4 Å². The maximum absolute atomic E-state index is 12.7. The Morgan fingerprint density at radius 3 is 2.15 bits per heavy atom. The Labute approximate surface area is 175 Å². The lowest BCUT2D eigenvalue weighted by Crippen LogP contribution is -2.51. The molecule has 1 amide bonds. The highest BCUT2D eigenvalue weighted by Gasteiger charge is 2.42. The monoisotopic (exact) mass is 480 g/mol. The lowest BCUT2D eigenvalue weighted by atomic mass is 9.67. The number of nitrogens with one attached hydrogen (secondary N) is 2. The lowest BCUT2D eigenvalue weighted by molar-refractivity contribution is -0.138. The molecule has 6 nitrogen and oxygen atoms in total. The third-order valence-corrected chi connectivity index (χ3v) is 6.12. The highest BCUT2D eigenvalue weighted by molar-refractivity contribution is 14.0. The van der Waals surface area contributed by atoms with Crippen LogP contribution in [0.3, 0.4) is 0 Å². The van der Waals surface area contributed by atoms with Gasteiger partial charge in [-0.15, -0.1) is 24.0 Å². The van der Waals surface area contributed by atoms with Crippen molar-refractivity contribution < 1.29 is 9.53 Å². The third kappa shape index (κ3) is 5.71. The number of nitrogens with zero attached hydrogens (tertiary/aromatic N) is 2. The molecule has 152 valence electrons. The number of hydrogen-bond acceptors (Lipinski definition) is 3. The van der Waals surface area contributed by atoms with E-state index in [9.17, 15) is 4.79 Å². The molecule has 0 aromatic rings. The minimum absolute atomic E-state index is 0. The molecule has 0 aliphatic heterocycles. The summed E-state index contributed by atoms with van der Waals surface area (Å²) < 4.78 is 5.27. The zero-order chi connectivity index (χ0) is 18.3. The van der Waals surface area contributed by atoms with E-state index in [1.165, 1.54) is 19.3 Å². The number of ether oxygens (including phenoxy) is 1. The van der Waals surface area contributed by atoms with E-state index in [1.807, 2.05) is 14.1 Å². The molecule has 0 heterocycles. The Morgan fingerprint density at radius 2 is 1.69 bits per heavy atom. The molecule has 2 aliphatic rings. The molecule has 2 fully saturated rings. The molecule has 0 aromatic heterocycles. The zero-order valence-corrected chi connectivity index (χ0v) is 19.2. The topological polar surface area (TPSA) is 66.0 Å². The fourth-order valence-electron chi connectivity index (χ4n) is 4.25. The van der Waals surface area contributed by atoms with E-state index >= 15 is 0 Å². The van der Waals surface area contributed by atoms with E-state index in [4.69, 9.17) is 4.74 Å². The minimum Gasteiger partial charge on any atom is -0.385 e. The summed E-state index contributed by atoms with van der Waals surface area (Å²) in [5.74, 6) is 1.05. The molecule has 2 N–H and O–H groups in total. The van der Waals surface area contributed by atoms with Crippen LogP contribution in [0.1, 0.15) is 51.4 Å². The number of aliphatic imine (C=N–C) groups is 1. The largest absolute Gasteiger partial charge is 0.385 e. The predicted molar refractivity (Wildman–Crippen MR) is 117 cm³/mol. The van der Waals surface area contributed by atoms with Gasteiger partial charge >= 0.3 is 0 Å². The number of methoxy groups -OCH3 is 1. The van der Waals surface area contributed by atoms with Crippen LogP contribution in [0, 0.1) is 10.8 Å². The summed E-state index contributed by atoms with van der Waals surface area (Å²) in [6, 6.07) is 0. The van der Waals surface area contributed by atoms with Crippen molar-refractivity contribution in [1.82, 2.24) is 15.5 Å². The van der Waals surface area contributed by atoms with Gasteiger partial charge in [0.2, 0.25) is 5.91 Å². The van der Waals surface area contributed by atoms with Crippen molar-refractivity contribution in [2.75, 3.05) is 47.9 Å². The van der Waals surface area contributed by atoms with Crippen LogP contribution < -0.4 is 10.6 Å². The van der Waals surface area contributed by atoms with Crippen LogP contribution in [-0.4, -0.2) is 64.7 Å². The molecule has 0 radical (unpaired) electrons. The molecule has 2 rings (SSSR count). The van der Waals surface area contributed by atoms with Gasteiger partial charge in [-0.05, 0) is 37.5 Å². The van der Waals surface area contributed by atoms with Gasteiger partial charge in [-0.25, -0.2) is 0 Å². The molecular formula is C19H37IN4O2. The number of halogens is 1. The molecule has 0 bridgehead atoms. The summed E-state index contributed by atoms with van der Waals surface area (Å²) in [6.45, 7) is 2.40. The molecular weight excluding hydrogens is 443 g/mol. The fraction of sp³-hybridized carbons (Fsp3) is 0.895. The molecule has 0 saturated heterocycles. The summed E-state index contributed by atoms with van der Waals surface area (Å²) >= 11 is 0. The number of carbonyl (C=O) groups excluding carboxylic acids is 1. The summed E-state index contributed by atoms with van der Waals surface area (Å²) in [7, 11) is 7.27. The lowest BCUT2D eigenvalue weighted by Gasteiger charge is -2.42. The van der Waals surface area contributed by atoms with Crippen molar-refractivity contribution in [1.29, 1.82) is 0 Å². The van der Waals surface area contributed by atoms with E-state index in [-0.39, 0.29) is 35.3 Å². The van der Waals surface area contributed by atoms with Crippen LogP contribution in [0.5, 0.6) is 0 Å². The predicted octanol–water partition coefficient (Wildman–Crippen LogP) is 2.62. The Morgan fingerprint density at radius 1 is 1.08 bits per heavy atom. The maximum atomic E-state index is 12.7. The van der Waals surface area contributed by atoms with Crippen LogP contribution in [0.4, 0.5) is 0 Å². The molecule has 0 spiro atoms. The smallest absolute Gasteiger partial charge is 0.230 e. The van der Waals surface area contributed by atoms with Crippen molar-refractivity contribution in [2.24, 2.45) is 15.8 Å². The summed E-state index contributed by atoms with van der Waals surface area (Å²) in [5, 5.41) is 6.91. The summed E-state index contributed by atoms with van der Waals surface area (Å²) in [6.07, 6.45) is 9.10. The van der Waals surface area contributed by atoms with Gasteiger partial charge in [0.05, 0.1) is 5.41 Å². The second kappa shape index (κ2) is 10.7. The third-order valence-electron chi connectivity index (χ3n) is 6.12. The van der Waals surface area contributed by atoms with E-state index in [0.717, 1.165) is 51.2 Å². The number of hydrogen-bond donors (Lipinski definition) is 2. The van der Waals surface area contributed by atoms with Crippen molar-refractivity contribution in [3.8, 4) is 0 Å². The normalized spacial score (nSPS) is 20.7. The van der Waals surface area contributed by atoms with Crippen LogP contribution in [0.2, 0.25) is 0 Å². The molecule has 2 aliphatic carbocycles. The molecule has 26 heavy (non-hydrogen) atoms. The van der Waals surface area contributed by atoms with Crippen molar-refractivity contribution in [3.05, 3.63) is 0 Å². The van der Waals surface area contributed by atoms with Gasteiger partial charge in [-0.3, -0.25) is 9.79 Å². The first-order valence-electron chi connectivity index (χ1n) is 9.62. The second-order valence-corrected chi connectivity index (χ2v) is 8.06. The van der Waals surface area contributed by atoms with Gasteiger partial charge in [0.25, 0.3) is 0 Å². The first kappa shape index (κ1) is 23.5. The maximum Gasteiger partial charge on any atom is 0.230 e. The van der Waals surface area contributed by atoms with Crippen LogP contribution in [0.15, 0.2) is 4.99 Å². The van der Waals surface area contributed by atoms with Crippen molar-refractivity contribution >= 4 is 35.8 Å². The molecule has 0 atom stereocenters. The Balaban J connectivity index is 0.00000338. The number of carbonyl (C=O) groups is 1. The van der Waals surface area contributed by atoms with E-state index in [0.29, 0.717) is 12.0 Å². The Hall–Kier alpha value is -0.570. The zero-order valence-electron chi connectivity index (χ0n) is 16.9. The summed E-state index contributed by atoms with van der Waals surface area (Å²) in [4.78, 5) is 18.8. The average molecular weight is 480 g/mol. The van der Waals surface area contributed by atoms with Gasteiger partial charge in [-0.2, -0.15) is 0 Å². The number of amides is 1. The van der Waals surface area contributed by atoms with Gasteiger partial charge in [-0.1, -0.05) is 19.3 Å². The highest BCUT2D eigenvalue weighted by Crippen LogP contribution is 2.43. The minimum atomic E-state index is -0.272. The highest BCUT2D eigenvalue weighted by atomic mass is 127. The Bertz CT molecular complexity index is 472. The average Bonchev–Trinajstić information content (AvgIpc) is 3.05. The first-order chi connectivity index (χ1) is 12.0. The van der Waals surface area contributed by atoms with Gasteiger partial charge in [0.1, 0.15) is 0 Å². The molecule has 0 unspecified atom stereocenters. The van der Waals surface area contributed by atoms with Crippen LogP contribution in [0.25, 0.3) is 0 Å². The number of rotatable bonds is 8. The first-order valence-corrected chi connectivity index (χ1v) is 9.62. The van der Waals surface area contributed by atoms with Gasteiger partial charge in [0.15, 0.2) is 5.96 Å². The van der Waals surface area contributed by atoms with Gasteiger partial charge < -0.3 is 20.3 Å². The molecule has 0 aromatic carbocycles. The van der Waals surface area contributed by atoms with Crippen molar-refractivity contribution in [3.63, 3.8) is 0 Å². The molecule has 7 heteroatoms. The van der Waals surface area contributed by atoms with E-state index in [2.05, 4.69) is 15.6 Å². The van der Waals surface area contributed by atoms with Crippen LogP contribution >= 0.6 is 24.0 Å². The van der Waals surface area contributed by atoms with E-state index in [1.54, 1.807) is 19.1 Å². The van der Waals surface area contributed by atoms with Gasteiger partial charge in [0, 0.05) is 47.9 Å². The van der Waals surface area contributed by atoms with Crippen LogP contribution in [-0.2, 0) is 9.53 Å². The second-order valence-electron chi connectivity index (χ2n) is 8.06. The SMILES string of the molecule is CN=C(NCC1(CCOC)CCC1)NCC1(C(=O)N(C)C)CCCC1.I. The molecule has 2 saturated carbocycles.